The zero-order valence-electron chi connectivity index (χ0n) is 15.5. The predicted octanol–water partition coefficient (Wildman–Crippen LogP) is 4.45. The van der Waals surface area contributed by atoms with E-state index < -0.39 is 0 Å². The summed E-state index contributed by atoms with van der Waals surface area (Å²) >= 11 is 6.13. The predicted molar refractivity (Wildman–Crippen MR) is 126 cm³/mol. The van der Waals surface area contributed by atoms with Gasteiger partial charge in [-0.25, -0.2) is 10.4 Å². The van der Waals surface area contributed by atoms with E-state index >= 15 is 0 Å². The number of fused-ring (bicyclic) bond motifs is 1. The minimum Gasteiger partial charge on any atom is -0.272 e. The Morgan fingerprint density at radius 3 is 2.73 bits per heavy atom. The molecular formula is C21H15BrN4O2S2. The summed E-state index contributed by atoms with van der Waals surface area (Å²) in [6.45, 7) is 0. The molecule has 2 aromatic heterocycles. The van der Waals surface area contributed by atoms with Crippen LogP contribution in [-0.2, 0) is 4.79 Å². The Balaban J connectivity index is 1.60. The van der Waals surface area contributed by atoms with Gasteiger partial charge in [-0.05, 0) is 47.8 Å². The maximum Gasteiger partial charge on any atom is 0.266 e. The first-order chi connectivity index (χ1) is 14.6. The monoisotopic (exact) mass is 498 g/mol. The van der Waals surface area contributed by atoms with Gasteiger partial charge in [0.05, 0.1) is 28.6 Å². The van der Waals surface area contributed by atoms with Gasteiger partial charge in [-0.3, -0.25) is 14.2 Å². The van der Waals surface area contributed by atoms with E-state index in [0.29, 0.717) is 21.7 Å². The third kappa shape index (κ3) is 4.69. The number of nitrogens with zero attached hydrogens (tertiary/aromatic N) is 3. The summed E-state index contributed by atoms with van der Waals surface area (Å²) < 4.78 is 2.44. The lowest BCUT2D eigenvalue weighted by Crippen LogP contribution is -2.24. The largest absolute Gasteiger partial charge is 0.272 e. The SMILES string of the molecule is O=C(CSc1nc2ccccc2c(=O)n1-c1ccc(Br)cc1)NN=Cc1cccs1. The average molecular weight is 499 g/mol. The molecule has 6 nitrogen and oxygen atoms in total. The number of halogens is 1. The molecule has 0 radical (unpaired) electrons. The lowest BCUT2D eigenvalue weighted by atomic mass is 10.2. The Morgan fingerprint density at radius 2 is 1.97 bits per heavy atom. The lowest BCUT2D eigenvalue weighted by Gasteiger charge is -2.13. The van der Waals surface area contributed by atoms with Gasteiger partial charge in [-0.2, -0.15) is 5.10 Å². The molecular weight excluding hydrogens is 484 g/mol. The summed E-state index contributed by atoms with van der Waals surface area (Å²) in [5, 5.41) is 6.86. The van der Waals surface area contributed by atoms with E-state index in [1.165, 1.54) is 27.7 Å². The standard InChI is InChI=1S/C21H15BrN4O2S2/c22-14-7-9-15(10-8-14)26-20(28)17-5-1-2-6-18(17)24-21(26)30-13-19(27)25-23-12-16-4-3-11-29-16/h1-12H,13H2,(H,25,27). The fourth-order valence-corrected chi connectivity index (χ4v) is 4.38. The van der Waals surface area contributed by atoms with Crippen LogP contribution in [0.5, 0.6) is 0 Å². The third-order valence-electron chi connectivity index (χ3n) is 4.09. The number of benzene rings is 2. The second-order valence-corrected chi connectivity index (χ2v) is 8.96. The molecule has 2 aromatic carbocycles. The lowest BCUT2D eigenvalue weighted by molar-refractivity contribution is -0.118. The summed E-state index contributed by atoms with van der Waals surface area (Å²) in [7, 11) is 0. The molecule has 1 amide bonds. The molecule has 0 fully saturated rings. The van der Waals surface area contributed by atoms with E-state index in [2.05, 4.69) is 31.4 Å². The third-order valence-corrected chi connectivity index (χ3v) is 6.36. The molecule has 0 aliphatic heterocycles. The van der Waals surface area contributed by atoms with Crippen molar-refractivity contribution in [3.05, 3.63) is 85.7 Å². The minimum atomic E-state index is -0.280. The van der Waals surface area contributed by atoms with Crippen molar-refractivity contribution in [1.82, 2.24) is 15.0 Å². The molecule has 2 heterocycles. The van der Waals surface area contributed by atoms with Crippen LogP contribution in [0, 0.1) is 0 Å². The van der Waals surface area contributed by atoms with Gasteiger partial charge >= 0.3 is 0 Å². The maximum absolute atomic E-state index is 13.2. The number of thiophene rings is 1. The Hall–Kier alpha value is -2.75. The molecule has 1 N–H and O–H groups in total. The van der Waals surface area contributed by atoms with Crippen LogP contribution in [0.1, 0.15) is 4.88 Å². The fourth-order valence-electron chi connectivity index (χ4n) is 2.72. The van der Waals surface area contributed by atoms with Crippen LogP contribution in [0.3, 0.4) is 0 Å². The summed E-state index contributed by atoms with van der Waals surface area (Å²) in [6, 6.07) is 18.4. The molecule has 0 bridgehead atoms. The molecule has 0 aliphatic rings. The zero-order valence-corrected chi connectivity index (χ0v) is 18.7. The van der Waals surface area contributed by atoms with Crippen molar-refractivity contribution in [2.75, 3.05) is 5.75 Å². The highest BCUT2D eigenvalue weighted by atomic mass is 79.9. The number of hydrogen-bond acceptors (Lipinski definition) is 6. The van der Waals surface area contributed by atoms with E-state index in [4.69, 9.17) is 0 Å². The van der Waals surface area contributed by atoms with Crippen molar-refractivity contribution in [3.63, 3.8) is 0 Å². The molecule has 4 aromatic rings. The number of hydrogen-bond donors (Lipinski definition) is 1. The number of para-hydroxylation sites is 1. The zero-order chi connectivity index (χ0) is 20.9. The van der Waals surface area contributed by atoms with Gasteiger partial charge in [0.15, 0.2) is 5.16 Å². The number of nitrogens with one attached hydrogen (secondary N) is 1. The quantitative estimate of drug-likeness (QED) is 0.184. The van der Waals surface area contributed by atoms with E-state index in [-0.39, 0.29) is 17.2 Å². The van der Waals surface area contributed by atoms with E-state index in [1.54, 1.807) is 18.3 Å². The van der Waals surface area contributed by atoms with Crippen LogP contribution in [-0.4, -0.2) is 27.4 Å². The van der Waals surface area contributed by atoms with Gasteiger partial charge in [-0.15, -0.1) is 11.3 Å². The number of hydrazone groups is 1. The second-order valence-electron chi connectivity index (χ2n) is 6.13. The normalized spacial score (nSPS) is 11.2. The highest BCUT2D eigenvalue weighted by Gasteiger charge is 2.14. The number of thioether (sulfide) groups is 1. The Kier molecular flexibility index (Phi) is 6.41. The van der Waals surface area contributed by atoms with Crippen LogP contribution < -0.4 is 11.0 Å². The first-order valence-corrected chi connectivity index (χ1v) is 11.5. The molecule has 30 heavy (non-hydrogen) atoms. The first-order valence-electron chi connectivity index (χ1n) is 8.88. The van der Waals surface area contributed by atoms with E-state index in [1.807, 2.05) is 53.9 Å². The van der Waals surface area contributed by atoms with Crippen LogP contribution in [0.2, 0.25) is 0 Å². The summed E-state index contributed by atoms with van der Waals surface area (Å²) in [5.41, 5.74) is 3.60. The van der Waals surface area contributed by atoms with Gasteiger partial charge in [0.25, 0.3) is 11.5 Å². The van der Waals surface area contributed by atoms with Crippen molar-refractivity contribution in [1.29, 1.82) is 0 Å². The number of carbonyl (C=O) groups is 1. The highest BCUT2D eigenvalue weighted by Crippen LogP contribution is 2.22. The van der Waals surface area contributed by atoms with Crippen LogP contribution >= 0.6 is 39.0 Å². The van der Waals surface area contributed by atoms with Crippen LogP contribution in [0.25, 0.3) is 16.6 Å². The van der Waals surface area contributed by atoms with Crippen molar-refractivity contribution in [2.45, 2.75) is 5.16 Å². The van der Waals surface area contributed by atoms with Gasteiger partial charge in [0.2, 0.25) is 0 Å². The van der Waals surface area contributed by atoms with Crippen molar-refractivity contribution in [3.8, 4) is 5.69 Å². The molecule has 0 aliphatic carbocycles. The molecule has 0 atom stereocenters. The van der Waals surface area contributed by atoms with Gasteiger partial charge in [0, 0.05) is 9.35 Å². The molecule has 0 unspecified atom stereocenters. The van der Waals surface area contributed by atoms with Gasteiger partial charge in [0.1, 0.15) is 0 Å². The fraction of sp³-hybridized carbons (Fsp3) is 0.0476. The van der Waals surface area contributed by atoms with E-state index in [9.17, 15) is 9.59 Å². The molecule has 0 spiro atoms. The topological polar surface area (TPSA) is 76.3 Å². The smallest absolute Gasteiger partial charge is 0.266 e. The molecule has 4 rings (SSSR count). The molecule has 0 saturated heterocycles. The number of rotatable bonds is 6. The summed E-state index contributed by atoms with van der Waals surface area (Å²) in [5.74, 6) is -0.208. The Morgan fingerprint density at radius 1 is 1.17 bits per heavy atom. The minimum absolute atomic E-state index is 0.0725. The Bertz CT molecular complexity index is 1270. The van der Waals surface area contributed by atoms with Gasteiger partial charge in [-0.1, -0.05) is 45.9 Å². The summed E-state index contributed by atoms with van der Waals surface area (Å²) in [4.78, 5) is 31.0. The summed E-state index contributed by atoms with van der Waals surface area (Å²) in [6.07, 6.45) is 1.60. The van der Waals surface area contributed by atoms with Crippen LogP contribution in [0.4, 0.5) is 0 Å². The first kappa shape index (κ1) is 20.5. The highest BCUT2D eigenvalue weighted by molar-refractivity contribution is 9.10. The second kappa shape index (κ2) is 9.38. The Labute approximate surface area is 188 Å². The van der Waals surface area contributed by atoms with Crippen molar-refractivity contribution < 1.29 is 4.79 Å². The average Bonchev–Trinajstić information content (AvgIpc) is 3.27. The maximum atomic E-state index is 13.2. The van der Waals surface area contributed by atoms with Gasteiger partial charge < -0.3 is 0 Å². The van der Waals surface area contributed by atoms with E-state index in [0.717, 1.165) is 9.35 Å². The molecule has 9 heteroatoms. The molecule has 0 saturated carbocycles. The molecule has 150 valence electrons. The number of amides is 1. The number of carbonyl (C=O) groups excluding carboxylic acids is 1. The van der Waals surface area contributed by atoms with Crippen molar-refractivity contribution >= 4 is 62.1 Å². The van der Waals surface area contributed by atoms with Crippen molar-refractivity contribution in [2.24, 2.45) is 5.10 Å². The number of aromatic nitrogens is 2. The van der Waals surface area contributed by atoms with Crippen LogP contribution in [0.15, 0.2) is 85.6 Å².